The second-order valence-electron chi connectivity index (χ2n) is 8.10. The van der Waals surface area contributed by atoms with Gasteiger partial charge in [-0.05, 0) is 49.6 Å². The van der Waals surface area contributed by atoms with Gasteiger partial charge in [-0.15, -0.1) is 11.3 Å². The number of ether oxygens (including phenoxy) is 1. The average Bonchev–Trinajstić information content (AvgIpc) is 3.36. The molecule has 7 nitrogen and oxygen atoms in total. The molecule has 0 aliphatic carbocycles. The molecule has 1 atom stereocenters. The first-order valence-corrected chi connectivity index (χ1v) is 12.2. The van der Waals surface area contributed by atoms with Gasteiger partial charge in [-0.25, -0.2) is 0 Å². The molecule has 0 radical (unpaired) electrons. The molecule has 1 saturated heterocycles. The normalized spacial score (nSPS) is 15.3. The molecular formula is C25H30N4O3S. The molecule has 1 aliphatic rings. The predicted octanol–water partition coefficient (Wildman–Crippen LogP) is 3.65. The maximum Gasteiger partial charge on any atom is 0.261 e. The highest BCUT2D eigenvalue weighted by molar-refractivity contribution is 7.10. The Bertz CT molecular complexity index is 1120. The van der Waals surface area contributed by atoms with E-state index in [0.29, 0.717) is 13.2 Å². The van der Waals surface area contributed by atoms with Crippen LogP contribution >= 0.6 is 11.3 Å². The van der Waals surface area contributed by atoms with Gasteiger partial charge in [-0.3, -0.25) is 14.5 Å². The molecule has 174 valence electrons. The highest BCUT2D eigenvalue weighted by atomic mass is 32.1. The van der Waals surface area contributed by atoms with Crippen molar-refractivity contribution in [2.45, 2.75) is 26.4 Å². The number of piperazine rings is 1. The third-order valence-electron chi connectivity index (χ3n) is 5.80. The van der Waals surface area contributed by atoms with Crippen LogP contribution in [0.15, 0.2) is 58.7 Å². The van der Waals surface area contributed by atoms with Crippen LogP contribution in [0.1, 0.15) is 40.8 Å². The smallest absolute Gasteiger partial charge is 0.261 e. The first-order valence-electron chi connectivity index (χ1n) is 11.3. The minimum atomic E-state index is -0.356. The highest BCUT2D eigenvalue weighted by Gasteiger charge is 2.21. The van der Waals surface area contributed by atoms with Gasteiger partial charge in [0, 0.05) is 43.3 Å². The van der Waals surface area contributed by atoms with Gasteiger partial charge in [0.1, 0.15) is 11.3 Å². The lowest BCUT2D eigenvalue weighted by Crippen LogP contribution is -2.46. The summed E-state index contributed by atoms with van der Waals surface area (Å²) in [5.41, 5.74) is 1.72. The Kier molecular flexibility index (Phi) is 7.47. The molecule has 1 aromatic carbocycles. The quantitative estimate of drug-likeness (QED) is 0.530. The van der Waals surface area contributed by atoms with Crippen LogP contribution in [-0.4, -0.2) is 48.6 Å². The van der Waals surface area contributed by atoms with Crippen molar-refractivity contribution < 1.29 is 9.53 Å². The number of amides is 1. The summed E-state index contributed by atoms with van der Waals surface area (Å²) in [4.78, 5) is 33.7. The van der Waals surface area contributed by atoms with Crippen molar-refractivity contribution in [3.05, 3.63) is 80.4 Å². The fourth-order valence-electron chi connectivity index (χ4n) is 4.05. The van der Waals surface area contributed by atoms with Crippen LogP contribution in [0, 0.1) is 0 Å². The number of para-hydroxylation sites is 2. The van der Waals surface area contributed by atoms with Crippen molar-refractivity contribution >= 4 is 22.9 Å². The predicted molar refractivity (Wildman–Crippen MR) is 132 cm³/mol. The number of hydrogen-bond donors (Lipinski definition) is 2. The summed E-state index contributed by atoms with van der Waals surface area (Å²) >= 11 is 1.58. The Labute approximate surface area is 198 Å². The number of hydrogen-bond acceptors (Lipinski definition) is 6. The maximum atomic E-state index is 12.6. The van der Waals surface area contributed by atoms with Crippen molar-refractivity contribution in [3.63, 3.8) is 0 Å². The summed E-state index contributed by atoms with van der Waals surface area (Å²) in [5, 5.41) is 4.87. The van der Waals surface area contributed by atoms with E-state index in [-0.39, 0.29) is 23.1 Å². The topological polar surface area (TPSA) is 77.7 Å². The Hall–Kier alpha value is -3.10. The number of aromatic nitrogens is 1. The fourth-order valence-corrected chi connectivity index (χ4v) is 4.79. The summed E-state index contributed by atoms with van der Waals surface area (Å²) in [7, 11) is 0. The molecule has 0 bridgehead atoms. The van der Waals surface area contributed by atoms with Gasteiger partial charge in [0.25, 0.3) is 11.5 Å². The van der Waals surface area contributed by atoms with Crippen LogP contribution in [-0.2, 0) is 6.54 Å². The third kappa shape index (κ3) is 5.64. The molecule has 2 N–H and O–H groups in total. The molecular weight excluding hydrogens is 436 g/mol. The minimum Gasteiger partial charge on any atom is -0.492 e. The number of H-pyrrole nitrogens is 1. The lowest BCUT2D eigenvalue weighted by molar-refractivity contribution is 0.0939. The van der Waals surface area contributed by atoms with E-state index in [9.17, 15) is 9.59 Å². The third-order valence-corrected chi connectivity index (χ3v) is 6.86. The molecule has 4 rings (SSSR count). The zero-order chi connectivity index (χ0) is 23.2. The Morgan fingerprint density at radius 3 is 2.61 bits per heavy atom. The van der Waals surface area contributed by atoms with E-state index in [4.69, 9.17) is 4.74 Å². The lowest BCUT2D eigenvalue weighted by atomic mass is 10.2. The minimum absolute atomic E-state index is 0.138. The Morgan fingerprint density at radius 1 is 1.12 bits per heavy atom. The van der Waals surface area contributed by atoms with Gasteiger partial charge >= 0.3 is 0 Å². The molecule has 33 heavy (non-hydrogen) atoms. The van der Waals surface area contributed by atoms with Gasteiger partial charge in [-0.2, -0.15) is 0 Å². The molecule has 3 heterocycles. The lowest BCUT2D eigenvalue weighted by Gasteiger charge is -2.36. The zero-order valence-corrected chi connectivity index (χ0v) is 19.9. The summed E-state index contributed by atoms with van der Waals surface area (Å²) in [6.45, 7) is 8.72. The highest BCUT2D eigenvalue weighted by Crippen LogP contribution is 2.29. The summed E-state index contributed by atoms with van der Waals surface area (Å²) in [5.74, 6) is 0.560. The number of benzene rings is 1. The molecule has 1 fully saturated rings. The van der Waals surface area contributed by atoms with Crippen LogP contribution < -0.4 is 20.5 Å². The van der Waals surface area contributed by atoms with Gasteiger partial charge in [0.05, 0.1) is 18.3 Å². The van der Waals surface area contributed by atoms with E-state index in [1.165, 1.54) is 0 Å². The second-order valence-corrected chi connectivity index (χ2v) is 9.08. The second kappa shape index (κ2) is 10.7. The zero-order valence-electron chi connectivity index (χ0n) is 19.0. The van der Waals surface area contributed by atoms with Crippen LogP contribution in [0.2, 0.25) is 0 Å². The SMILES string of the molecule is CCOc1ccccc1N1CCN(Cc2ccc(C(=O)N[C@H](C)c3cccs3)c(=O)[nH]2)CC1. The standard InChI is InChI=1S/C25H30N4O3S/c1-3-32-22-8-5-4-7-21(22)29-14-12-28(13-15-29)17-19-10-11-20(25(31)27-19)24(30)26-18(2)23-9-6-16-33-23/h4-11,16,18H,3,12-15,17H2,1-2H3,(H,26,30)(H,27,31)/t18-/m1/s1. The number of nitrogens with one attached hydrogen (secondary N) is 2. The van der Waals surface area contributed by atoms with E-state index in [2.05, 4.69) is 26.2 Å². The van der Waals surface area contributed by atoms with Crippen LogP contribution in [0.3, 0.4) is 0 Å². The van der Waals surface area contributed by atoms with E-state index in [1.807, 2.05) is 55.6 Å². The number of carbonyl (C=O) groups excluding carboxylic acids is 1. The molecule has 1 amide bonds. The molecule has 8 heteroatoms. The van der Waals surface area contributed by atoms with Gasteiger partial charge < -0.3 is 19.9 Å². The van der Waals surface area contributed by atoms with Crippen molar-refractivity contribution in [1.29, 1.82) is 0 Å². The molecule has 0 spiro atoms. The van der Waals surface area contributed by atoms with Crippen LogP contribution in [0.4, 0.5) is 5.69 Å². The monoisotopic (exact) mass is 466 g/mol. The summed E-state index contributed by atoms with van der Waals surface area (Å²) in [6, 6.07) is 15.4. The molecule has 1 aliphatic heterocycles. The molecule has 0 unspecified atom stereocenters. The van der Waals surface area contributed by atoms with E-state index in [1.54, 1.807) is 17.4 Å². The average molecular weight is 467 g/mol. The largest absolute Gasteiger partial charge is 0.492 e. The first kappa shape index (κ1) is 23.1. The number of rotatable bonds is 8. The van der Waals surface area contributed by atoms with Crippen molar-refractivity contribution in [3.8, 4) is 5.75 Å². The first-order chi connectivity index (χ1) is 16.0. The molecule has 2 aromatic heterocycles. The molecule has 3 aromatic rings. The summed E-state index contributed by atoms with van der Waals surface area (Å²) in [6.07, 6.45) is 0. The summed E-state index contributed by atoms with van der Waals surface area (Å²) < 4.78 is 5.77. The number of carbonyl (C=O) groups is 1. The van der Waals surface area contributed by atoms with Crippen LogP contribution in [0.25, 0.3) is 0 Å². The molecule has 0 saturated carbocycles. The maximum absolute atomic E-state index is 12.6. The Morgan fingerprint density at radius 2 is 1.91 bits per heavy atom. The number of aromatic amines is 1. The number of nitrogens with zero attached hydrogens (tertiary/aromatic N) is 2. The van der Waals surface area contributed by atoms with Crippen molar-refractivity contribution in [2.75, 3.05) is 37.7 Å². The number of anilines is 1. The van der Waals surface area contributed by atoms with Gasteiger partial charge in [0.2, 0.25) is 0 Å². The van der Waals surface area contributed by atoms with Crippen LogP contribution in [0.5, 0.6) is 5.75 Å². The Balaban J connectivity index is 1.34. The number of pyridine rings is 1. The fraction of sp³-hybridized carbons (Fsp3) is 0.360. The van der Waals surface area contributed by atoms with Gasteiger partial charge in [-0.1, -0.05) is 18.2 Å². The van der Waals surface area contributed by atoms with E-state index in [0.717, 1.165) is 48.2 Å². The van der Waals surface area contributed by atoms with E-state index >= 15 is 0 Å². The van der Waals surface area contributed by atoms with Crippen molar-refractivity contribution in [1.82, 2.24) is 15.2 Å². The number of thiophene rings is 1. The van der Waals surface area contributed by atoms with Gasteiger partial charge in [0.15, 0.2) is 0 Å². The van der Waals surface area contributed by atoms with Crippen molar-refractivity contribution in [2.24, 2.45) is 0 Å². The van der Waals surface area contributed by atoms with E-state index < -0.39 is 0 Å².